The molecule has 0 aliphatic carbocycles. The third-order valence-corrected chi connectivity index (χ3v) is 4.15. The minimum absolute atomic E-state index is 0.172. The van der Waals surface area contributed by atoms with Crippen molar-refractivity contribution in [1.82, 2.24) is 0 Å². The maximum atomic E-state index is 11.0. The van der Waals surface area contributed by atoms with Crippen LogP contribution in [0.1, 0.15) is 44.5 Å². The number of hydrogen-bond acceptors (Lipinski definition) is 4. The van der Waals surface area contributed by atoms with Gasteiger partial charge in [-0.25, -0.2) is 4.79 Å². The molecule has 0 saturated carbocycles. The lowest BCUT2D eigenvalue weighted by Gasteiger charge is -2.35. The Balaban J connectivity index is 2.32. The molecule has 1 heterocycles. The molecule has 0 spiro atoms. The Bertz CT molecular complexity index is 567. The summed E-state index contributed by atoms with van der Waals surface area (Å²) >= 11 is 0. The van der Waals surface area contributed by atoms with Crippen molar-refractivity contribution in [3.63, 3.8) is 0 Å². The normalized spacial score (nSPS) is 23.0. The lowest BCUT2D eigenvalue weighted by Crippen LogP contribution is -2.44. The van der Waals surface area contributed by atoms with Gasteiger partial charge in [-0.3, -0.25) is 0 Å². The summed E-state index contributed by atoms with van der Waals surface area (Å²) < 4.78 is 6.12. The number of carboxylic acids is 1. The number of hydrogen-bond donors (Lipinski definition) is 2. The van der Waals surface area contributed by atoms with Gasteiger partial charge < -0.3 is 20.5 Å². The van der Waals surface area contributed by atoms with E-state index < -0.39 is 5.97 Å². The number of aromatic carboxylic acids is 1. The summed E-state index contributed by atoms with van der Waals surface area (Å²) in [6.45, 7) is 8.31. The average molecular weight is 292 g/mol. The number of carboxylic acid groups (broad SMARTS) is 1. The van der Waals surface area contributed by atoms with Crippen LogP contribution in [-0.2, 0) is 4.74 Å². The molecule has 0 radical (unpaired) electrons. The number of nitrogens with two attached hydrogens (primary N) is 1. The fraction of sp³-hybridized carbons (Fsp3) is 0.562. The van der Waals surface area contributed by atoms with Gasteiger partial charge in [0, 0.05) is 7.05 Å². The smallest absolute Gasteiger partial charge is 0.335 e. The Labute approximate surface area is 125 Å². The van der Waals surface area contributed by atoms with E-state index in [1.807, 2.05) is 7.05 Å². The highest BCUT2D eigenvalue weighted by atomic mass is 16.5. The molecule has 1 aliphatic heterocycles. The summed E-state index contributed by atoms with van der Waals surface area (Å²) in [5.74, 6) is -0.971. The Morgan fingerprint density at radius 1 is 1.38 bits per heavy atom. The van der Waals surface area contributed by atoms with Gasteiger partial charge in [0.05, 0.1) is 34.2 Å². The average Bonchev–Trinajstić information content (AvgIpc) is 2.56. The molecule has 1 atom stereocenters. The Hall–Kier alpha value is -1.75. The van der Waals surface area contributed by atoms with Gasteiger partial charge in [-0.2, -0.15) is 0 Å². The lowest BCUT2D eigenvalue weighted by molar-refractivity contribution is -0.0676. The Kier molecular flexibility index (Phi) is 3.66. The van der Waals surface area contributed by atoms with Crippen molar-refractivity contribution in [2.45, 2.75) is 51.4 Å². The summed E-state index contributed by atoms with van der Waals surface area (Å²) in [6, 6.07) is 5.02. The van der Waals surface area contributed by atoms with Crippen molar-refractivity contribution in [3.8, 4) is 0 Å². The molecule has 1 aromatic rings. The molecule has 5 nitrogen and oxygen atoms in total. The second-order valence-corrected chi connectivity index (χ2v) is 6.87. The Morgan fingerprint density at radius 3 is 2.43 bits per heavy atom. The minimum atomic E-state index is -0.971. The van der Waals surface area contributed by atoms with E-state index in [1.165, 1.54) is 6.07 Å². The zero-order chi connectivity index (χ0) is 16.0. The number of benzene rings is 1. The lowest BCUT2D eigenvalue weighted by atomic mass is 9.92. The van der Waals surface area contributed by atoms with Crippen LogP contribution in [0.15, 0.2) is 18.2 Å². The highest BCUT2D eigenvalue weighted by molar-refractivity contribution is 5.90. The number of carbonyl (C=O) groups is 1. The van der Waals surface area contributed by atoms with Gasteiger partial charge in [-0.05, 0) is 52.3 Å². The zero-order valence-corrected chi connectivity index (χ0v) is 13.3. The van der Waals surface area contributed by atoms with Crippen molar-refractivity contribution < 1.29 is 14.6 Å². The monoisotopic (exact) mass is 292 g/mol. The van der Waals surface area contributed by atoms with E-state index in [0.717, 1.165) is 12.1 Å². The second-order valence-electron chi connectivity index (χ2n) is 6.87. The van der Waals surface area contributed by atoms with Crippen molar-refractivity contribution in [2.24, 2.45) is 0 Å². The fourth-order valence-electron chi connectivity index (χ4n) is 3.31. The van der Waals surface area contributed by atoms with E-state index in [0.29, 0.717) is 5.69 Å². The topological polar surface area (TPSA) is 75.8 Å². The van der Waals surface area contributed by atoms with Crippen LogP contribution < -0.4 is 10.6 Å². The van der Waals surface area contributed by atoms with Gasteiger partial charge in [-0.1, -0.05) is 0 Å². The van der Waals surface area contributed by atoms with Gasteiger partial charge >= 0.3 is 5.97 Å². The van der Waals surface area contributed by atoms with E-state index in [4.69, 9.17) is 15.6 Å². The number of nitrogens with zero attached hydrogens (tertiary/aromatic N) is 1. The first-order valence-corrected chi connectivity index (χ1v) is 7.09. The first-order chi connectivity index (χ1) is 9.53. The summed E-state index contributed by atoms with van der Waals surface area (Å²) in [7, 11) is 1.98. The highest BCUT2D eigenvalue weighted by Gasteiger charge is 2.47. The molecular formula is C16H24N2O3. The first-order valence-electron chi connectivity index (χ1n) is 7.09. The number of anilines is 2. The van der Waals surface area contributed by atoms with E-state index in [2.05, 4.69) is 32.6 Å². The van der Waals surface area contributed by atoms with Crippen molar-refractivity contribution in [1.29, 1.82) is 0 Å². The summed E-state index contributed by atoms with van der Waals surface area (Å²) in [4.78, 5) is 13.1. The largest absolute Gasteiger partial charge is 0.478 e. The molecule has 0 amide bonds. The molecule has 5 heteroatoms. The molecule has 1 fully saturated rings. The van der Waals surface area contributed by atoms with E-state index in [9.17, 15) is 4.79 Å². The SMILES string of the molecule is CN(c1ccc(C(=O)O)cc1N)C1CC(C)(C)OC1(C)C. The van der Waals surface area contributed by atoms with E-state index in [-0.39, 0.29) is 22.8 Å². The molecule has 116 valence electrons. The molecular weight excluding hydrogens is 268 g/mol. The molecule has 0 bridgehead atoms. The summed E-state index contributed by atoms with van der Waals surface area (Å²) in [6.07, 6.45) is 0.886. The van der Waals surface area contributed by atoms with E-state index in [1.54, 1.807) is 12.1 Å². The number of rotatable bonds is 3. The standard InChI is InChI=1S/C16H24N2O3/c1-15(2)9-13(16(3,4)21-15)18(5)12-7-6-10(14(19)20)8-11(12)17/h6-8,13H,9,17H2,1-5H3,(H,19,20). The van der Waals surface area contributed by atoms with Crippen LogP contribution in [0.25, 0.3) is 0 Å². The van der Waals surface area contributed by atoms with Crippen LogP contribution >= 0.6 is 0 Å². The van der Waals surface area contributed by atoms with Gasteiger partial charge in [0.25, 0.3) is 0 Å². The van der Waals surface area contributed by atoms with Crippen LogP contribution in [0.5, 0.6) is 0 Å². The third kappa shape index (κ3) is 2.97. The van der Waals surface area contributed by atoms with Gasteiger partial charge in [0.1, 0.15) is 0 Å². The Morgan fingerprint density at radius 2 is 2.00 bits per heavy atom. The van der Waals surface area contributed by atoms with Crippen molar-refractivity contribution >= 4 is 17.3 Å². The predicted octanol–water partition coefficient (Wildman–Crippen LogP) is 2.75. The van der Waals surface area contributed by atoms with Crippen LogP contribution in [-0.4, -0.2) is 35.4 Å². The fourth-order valence-corrected chi connectivity index (χ4v) is 3.31. The van der Waals surface area contributed by atoms with Crippen molar-refractivity contribution in [2.75, 3.05) is 17.7 Å². The van der Waals surface area contributed by atoms with Gasteiger partial charge in [-0.15, -0.1) is 0 Å². The predicted molar refractivity (Wildman–Crippen MR) is 83.9 cm³/mol. The maximum absolute atomic E-state index is 11.0. The van der Waals surface area contributed by atoms with Crippen LogP contribution in [0.2, 0.25) is 0 Å². The van der Waals surface area contributed by atoms with E-state index >= 15 is 0 Å². The molecule has 21 heavy (non-hydrogen) atoms. The third-order valence-electron chi connectivity index (χ3n) is 4.15. The molecule has 1 saturated heterocycles. The number of ether oxygens (including phenoxy) is 1. The zero-order valence-electron chi connectivity index (χ0n) is 13.3. The second kappa shape index (κ2) is 4.91. The van der Waals surface area contributed by atoms with Gasteiger partial charge in [0.15, 0.2) is 0 Å². The molecule has 3 N–H and O–H groups in total. The molecule has 2 rings (SSSR count). The molecule has 1 aromatic carbocycles. The summed E-state index contributed by atoms with van der Waals surface area (Å²) in [5, 5.41) is 9.01. The van der Waals surface area contributed by atoms with Crippen LogP contribution in [0, 0.1) is 0 Å². The number of nitrogen functional groups attached to an aromatic ring is 1. The summed E-state index contributed by atoms with van der Waals surface area (Å²) in [5.41, 5.74) is 7.06. The molecule has 1 aliphatic rings. The van der Waals surface area contributed by atoms with Crippen molar-refractivity contribution in [3.05, 3.63) is 23.8 Å². The molecule has 1 unspecified atom stereocenters. The van der Waals surface area contributed by atoms with Crippen LogP contribution in [0.4, 0.5) is 11.4 Å². The maximum Gasteiger partial charge on any atom is 0.335 e. The highest BCUT2D eigenvalue weighted by Crippen LogP contribution is 2.42. The minimum Gasteiger partial charge on any atom is -0.478 e. The van der Waals surface area contributed by atoms with Gasteiger partial charge in [0.2, 0.25) is 0 Å². The number of likely N-dealkylation sites (N-methyl/N-ethyl adjacent to an activating group) is 1. The molecule has 0 aromatic heterocycles. The van der Waals surface area contributed by atoms with Crippen LogP contribution in [0.3, 0.4) is 0 Å². The quantitative estimate of drug-likeness (QED) is 0.838. The first kappa shape index (κ1) is 15.6.